The van der Waals surface area contributed by atoms with E-state index in [0.717, 1.165) is 6.42 Å². The van der Waals surface area contributed by atoms with Crippen molar-refractivity contribution in [1.29, 1.82) is 0 Å². The van der Waals surface area contributed by atoms with Gasteiger partial charge in [0.2, 0.25) is 10.0 Å². The molecule has 1 aromatic rings. The van der Waals surface area contributed by atoms with Crippen LogP contribution in [-0.4, -0.2) is 28.1 Å². The quantitative estimate of drug-likeness (QED) is 0.768. The molecule has 6 nitrogen and oxygen atoms in total. The fraction of sp³-hybridized carbons (Fsp3) is 0.500. The van der Waals surface area contributed by atoms with Crippen LogP contribution in [0, 0.1) is 5.92 Å². The predicted molar refractivity (Wildman–Crippen MR) is 76.2 cm³/mol. The zero-order chi connectivity index (χ0) is 15.5. The maximum Gasteiger partial charge on any atom is 0.338 e. The van der Waals surface area contributed by atoms with Crippen molar-refractivity contribution in [3.05, 3.63) is 29.3 Å². The molecule has 1 aromatic carbocycles. The maximum atomic E-state index is 11.9. The van der Waals surface area contributed by atoms with Crippen LogP contribution in [0.2, 0.25) is 0 Å². The summed E-state index contributed by atoms with van der Waals surface area (Å²) in [5, 5.41) is 5.17. The minimum absolute atomic E-state index is 0.1000. The zero-order valence-corrected chi connectivity index (χ0v) is 12.7. The van der Waals surface area contributed by atoms with Crippen LogP contribution in [0.3, 0.4) is 0 Å². The van der Waals surface area contributed by atoms with Gasteiger partial charge in [0.1, 0.15) is 0 Å². The Bertz CT molecular complexity index is 622. The molecule has 116 valence electrons. The molecule has 0 unspecified atom stereocenters. The minimum atomic E-state index is -3.92. The van der Waals surface area contributed by atoms with Crippen molar-refractivity contribution >= 4 is 16.0 Å². The van der Waals surface area contributed by atoms with E-state index in [1.54, 1.807) is 0 Å². The second-order valence-electron chi connectivity index (χ2n) is 5.17. The smallest absolute Gasteiger partial charge is 0.338 e. The van der Waals surface area contributed by atoms with Crippen molar-refractivity contribution in [2.45, 2.75) is 30.8 Å². The van der Waals surface area contributed by atoms with Crippen LogP contribution in [0.15, 0.2) is 23.1 Å². The first-order valence-corrected chi connectivity index (χ1v) is 8.28. The second-order valence-corrected chi connectivity index (χ2v) is 6.70. The highest BCUT2D eigenvalue weighted by atomic mass is 32.2. The number of esters is 1. The number of hydrogen-bond acceptors (Lipinski definition) is 5. The first kappa shape index (κ1) is 15.9. The maximum absolute atomic E-state index is 11.9. The van der Waals surface area contributed by atoms with E-state index in [-0.39, 0.29) is 17.1 Å². The lowest BCUT2D eigenvalue weighted by atomic mass is 10.1. The molecule has 0 spiro atoms. The van der Waals surface area contributed by atoms with Gasteiger partial charge in [-0.25, -0.2) is 18.4 Å². The van der Waals surface area contributed by atoms with Gasteiger partial charge in [-0.05, 0) is 30.0 Å². The monoisotopic (exact) mass is 313 g/mol. The van der Waals surface area contributed by atoms with Crippen LogP contribution >= 0.6 is 0 Å². The van der Waals surface area contributed by atoms with E-state index in [2.05, 4.69) is 0 Å². The molecule has 2 N–H and O–H groups in total. The molecule has 0 aliphatic heterocycles. The largest absolute Gasteiger partial charge is 0.462 e. The molecule has 0 atom stereocenters. The molecule has 21 heavy (non-hydrogen) atoms. The van der Waals surface area contributed by atoms with Gasteiger partial charge in [0.25, 0.3) is 0 Å². The standard InChI is InChI=1S/C14H19NO5S/c1-19-9-12-5-4-11(8-13(12)21(15,17)18)14(16)20-7-6-10-2-3-10/h4-5,8,10H,2-3,6-7,9H2,1H3,(H2,15,17,18). The molecule has 1 aliphatic rings. The number of hydrogen-bond donors (Lipinski definition) is 1. The summed E-state index contributed by atoms with van der Waals surface area (Å²) in [7, 11) is -2.47. The molecule has 1 aliphatic carbocycles. The minimum Gasteiger partial charge on any atom is -0.462 e. The van der Waals surface area contributed by atoms with E-state index in [4.69, 9.17) is 14.6 Å². The van der Waals surface area contributed by atoms with Gasteiger partial charge in [-0.1, -0.05) is 18.9 Å². The van der Waals surface area contributed by atoms with Gasteiger partial charge in [-0.2, -0.15) is 0 Å². The van der Waals surface area contributed by atoms with E-state index >= 15 is 0 Å². The number of rotatable bonds is 7. The number of nitrogens with two attached hydrogens (primary N) is 1. The van der Waals surface area contributed by atoms with Crippen LogP contribution in [0.5, 0.6) is 0 Å². The van der Waals surface area contributed by atoms with Crippen molar-refractivity contribution < 1.29 is 22.7 Å². The Balaban J connectivity index is 2.13. The Hall–Kier alpha value is -1.44. The van der Waals surface area contributed by atoms with Crippen LogP contribution < -0.4 is 5.14 Å². The van der Waals surface area contributed by atoms with Crippen molar-refractivity contribution in [3.63, 3.8) is 0 Å². The first-order chi connectivity index (χ1) is 9.91. The second kappa shape index (κ2) is 6.55. The van der Waals surface area contributed by atoms with Crippen LogP contribution in [0.25, 0.3) is 0 Å². The number of sulfonamides is 1. The van der Waals surface area contributed by atoms with Gasteiger partial charge in [-0.15, -0.1) is 0 Å². The van der Waals surface area contributed by atoms with Gasteiger partial charge in [0, 0.05) is 7.11 Å². The number of methoxy groups -OCH3 is 1. The molecule has 0 amide bonds. The highest BCUT2D eigenvalue weighted by molar-refractivity contribution is 7.89. The fourth-order valence-electron chi connectivity index (χ4n) is 2.03. The highest BCUT2D eigenvalue weighted by Crippen LogP contribution is 2.32. The lowest BCUT2D eigenvalue weighted by molar-refractivity contribution is 0.0494. The molecule has 0 heterocycles. The van der Waals surface area contributed by atoms with Crippen LogP contribution in [0.1, 0.15) is 35.2 Å². The van der Waals surface area contributed by atoms with Gasteiger partial charge in [-0.3, -0.25) is 0 Å². The molecule has 0 aromatic heterocycles. The summed E-state index contributed by atoms with van der Waals surface area (Å²) in [4.78, 5) is 11.8. The van der Waals surface area contributed by atoms with E-state index in [9.17, 15) is 13.2 Å². The molecule has 7 heteroatoms. The van der Waals surface area contributed by atoms with E-state index in [1.165, 1.54) is 38.2 Å². The summed E-state index contributed by atoms with van der Waals surface area (Å²) >= 11 is 0. The number of carbonyl (C=O) groups excluding carboxylic acids is 1. The molecule has 0 bridgehead atoms. The Kier molecular flexibility index (Phi) is 4.97. The molecule has 1 fully saturated rings. The lowest BCUT2D eigenvalue weighted by Gasteiger charge is -2.09. The van der Waals surface area contributed by atoms with E-state index in [1.807, 2.05) is 0 Å². The Labute approximate surface area is 124 Å². The number of benzene rings is 1. The van der Waals surface area contributed by atoms with Gasteiger partial charge in [0.05, 0.1) is 23.7 Å². The molecule has 2 rings (SSSR count). The number of primary sulfonamides is 1. The third-order valence-electron chi connectivity index (χ3n) is 3.37. The molecule has 0 radical (unpaired) electrons. The van der Waals surface area contributed by atoms with E-state index in [0.29, 0.717) is 18.1 Å². The summed E-state index contributed by atoms with van der Waals surface area (Å²) in [6.45, 7) is 0.455. The topological polar surface area (TPSA) is 95.7 Å². The Morgan fingerprint density at radius 3 is 2.67 bits per heavy atom. The first-order valence-electron chi connectivity index (χ1n) is 6.73. The van der Waals surface area contributed by atoms with Gasteiger partial charge in [0.15, 0.2) is 0 Å². The molecule has 0 saturated heterocycles. The number of ether oxygens (including phenoxy) is 2. The zero-order valence-electron chi connectivity index (χ0n) is 11.9. The SMILES string of the molecule is COCc1ccc(C(=O)OCCC2CC2)cc1S(N)(=O)=O. The third kappa shape index (κ3) is 4.52. The van der Waals surface area contributed by atoms with Crippen LogP contribution in [0.4, 0.5) is 0 Å². The van der Waals surface area contributed by atoms with Crippen molar-refractivity contribution in [1.82, 2.24) is 0 Å². The highest BCUT2D eigenvalue weighted by Gasteiger charge is 2.22. The summed E-state index contributed by atoms with van der Waals surface area (Å²) in [6, 6.07) is 4.27. The Morgan fingerprint density at radius 1 is 1.38 bits per heavy atom. The van der Waals surface area contributed by atoms with Crippen molar-refractivity contribution in [2.75, 3.05) is 13.7 Å². The summed E-state index contributed by atoms with van der Waals surface area (Å²) < 4.78 is 33.2. The molecule has 1 saturated carbocycles. The molecular formula is C14H19NO5S. The predicted octanol–water partition coefficient (Wildman–Crippen LogP) is 1.44. The van der Waals surface area contributed by atoms with Gasteiger partial charge < -0.3 is 9.47 Å². The fourth-order valence-corrected chi connectivity index (χ4v) is 2.81. The third-order valence-corrected chi connectivity index (χ3v) is 4.36. The average Bonchev–Trinajstić information content (AvgIpc) is 3.22. The number of carbonyl (C=O) groups is 1. The molecular weight excluding hydrogens is 294 g/mol. The van der Waals surface area contributed by atoms with Crippen molar-refractivity contribution in [2.24, 2.45) is 11.1 Å². The van der Waals surface area contributed by atoms with Crippen LogP contribution in [-0.2, 0) is 26.1 Å². The summed E-state index contributed by atoms with van der Waals surface area (Å²) in [5.41, 5.74) is 0.587. The summed E-state index contributed by atoms with van der Waals surface area (Å²) in [5.74, 6) is 0.131. The Morgan fingerprint density at radius 2 is 2.10 bits per heavy atom. The normalized spacial score (nSPS) is 15.0. The van der Waals surface area contributed by atoms with E-state index < -0.39 is 16.0 Å². The van der Waals surface area contributed by atoms with Gasteiger partial charge >= 0.3 is 5.97 Å². The summed E-state index contributed by atoms with van der Waals surface area (Å²) in [6.07, 6.45) is 3.24. The lowest BCUT2D eigenvalue weighted by Crippen LogP contribution is -2.16. The van der Waals surface area contributed by atoms with Crippen molar-refractivity contribution in [3.8, 4) is 0 Å². The average molecular weight is 313 g/mol.